The first-order chi connectivity index (χ1) is 6.77. The predicted molar refractivity (Wildman–Crippen MR) is 58.3 cm³/mol. The minimum Gasteiger partial charge on any atom is -0.338 e. The molecule has 2 aliphatic heterocycles. The van der Waals surface area contributed by atoms with E-state index < -0.39 is 0 Å². The Balaban J connectivity index is 1.89. The van der Waals surface area contributed by atoms with Gasteiger partial charge in [-0.3, -0.25) is 10.1 Å². The summed E-state index contributed by atoms with van der Waals surface area (Å²) in [5.41, 5.74) is 0. The number of hydrogen-bond acceptors (Lipinski definition) is 4. The summed E-state index contributed by atoms with van der Waals surface area (Å²) in [5, 5.41) is 6.56. The molecule has 0 bridgehead atoms. The first kappa shape index (κ1) is 10.3. The van der Waals surface area contributed by atoms with Crippen LogP contribution in [0.15, 0.2) is 0 Å². The van der Waals surface area contributed by atoms with Gasteiger partial charge in [-0.05, 0) is 6.92 Å². The molecule has 2 N–H and O–H groups in total. The number of nitrogens with one attached hydrogen (secondary N) is 2. The molecule has 2 heterocycles. The number of hydrogen-bond donors (Lipinski definition) is 2. The molecule has 2 saturated heterocycles. The fraction of sp³-hybridized carbons (Fsp3) is 0.889. The molecule has 1 amide bonds. The Morgan fingerprint density at radius 1 is 1.50 bits per heavy atom. The number of rotatable bonds is 1. The van der Waals surface area contributed by atoms with Gasteiger partial charge in [0.05, 0.1) is 6.04 Å². The lowest BCUT2D eigenvalue weighted by Gasteiger charge is -2.33. The average Bonchev–Trinajstić information content (AvgIpc) is 2.69. The zero-order valence-electron chi connectivity index (χ0n) is 8.45. The van der Waals surface area contributed by atoms with E-state index in [0.29, 0.717) is 6.04 Å². The van der Waals surface area contributed by atoms with E-state index in [0.717, 1.165) is 31.3 Å². The van der Waals surface area contributed by atoms with Crippen molar-refractivity contribution in [3.63, 3.8) is 0 Å². The Kier molecular flexibility index (Phi) is 3.30. The van der Waals surface area contributed by atoms with Crippen LogP contribution in [0.25, 0.3) is 0 Å². The zero-order valence-corrected chi connectivity index (χ0v) is 9.27. The highest BCUT2D eigenvalue weighted by atomic mass is 32.2. The van der Waals surface area contributed by atoms with Crippen molar-refractivity contribution >= 4 is 17.7 Å². The molecule has 2 atom stereocenters. The van der Waals surface area contributed by atoms with Crippen molar-refractivity contribution in [2.45, 2.75) is 19.0 Å². The molecule has 80 valence electrons. The molecule has 2 rings (SSSR count). The summed E-state index contributed by atoms with van der Waals surface area (Å²) in [4.78, 5) is 13.9. The highest BCUT2D eigenvalue weighted by Gasteiger charge is 2.29. The monoisotopic (exact) mass is 215 g/mol. The lowest BCUT2D eigenvalue weighted by molar-refractivity contribution is -0.133. The van der Waals surface area contributed by atoms with Crippen molar-refractivity contribution in [1.82, 2.24) is 15.5 Å². The molecule has 2 fully saturated rings. The van der Waals surface area contributed by atoms with Crippen LogP contribution in [-0.2, 0) is 4.79 Å². The maximum absolute atomic E-state index is 12.0. The third-order valence-electron chi connectivity index (χ3n) is 2.69. The van der Waals surface area contributed by atoms with Gasteiger partial charge in [-0.25, -0.2) is 0 Å². The summed E-state index contributed by atoms with van der Waals surface area (Å²) >= 11 is 1.80. The van der Waals surface area contributed by atoms with Gasteiger partial charge in [-0.2, -0.15) is 0 Å². The van der Waals surface area contributed by atoms with Crippen LogP contribution in [0.3, 0.4) is 0 Å². The van der Waals surface area contributed by atoms with Crippen LogP contribution < -0.4 is 10.6 Å². The normalized spacial score (nSPS) is 33.4. The Morgan fingerprint density at radius 3 is 3.00 bits per heavy atom. The molecule has 0 aromatic rings. The second-order valence-corrected chi connectivity index (χ2v) is 4.94. The first-order valence-corrected chi connectivity index (χ1v) is 6.26. The van der Waals surface area contributed by atoms with Gasteiger partial charge in [-0.1, -0.05) is 0 Å². The summed E-state index contributed by atoms with van der Waals surface area (Å²) in [5.74, 6) is 2.12. The second kappa shape index (κ2) is 4.51. The van der Waals surface area contributed by atoms with E-state index in [-0.39, 0.29) is 11.9 Å². The quantitative estimate of drug-likeness (QED) is 0.617. The molecule has 0 saturated carbocycles. The summed E-state index contributed by atoms with van der Waals surface area (Å²) in [6.07, 6.45) is 0. The van der Waals surface area contributed by atoms with E-state index in [4.69, 9.17) is 0 Å². The van der Waals surface area contributed by atoms with Gasteiger partial charge in [0.25, 0.3) is 0 Å². The fourth-order valence-corrected chi connectivity index (χ4v) is 2.84. The van der Waals surface area contributed by atoms with Crippen LogP contribution >= 0.6 is 11.8 Å². The van der Waals surface area contributed by atoms with Crippen LogP contribution in [-0.4, -0.2) is 54.2 Å². The topological polar surface area (TPSA) is 44.4 Å². The first-order valence-electron chi connectivity index (χ1n) is 5.10. The van der Waals surface area contributed by atoms with Crippen molar-refractivity contribution in [2.75, 3.05) is 31.3 Å². The van der Waals surface area contributed by atoms with E-state index in [1.807, 2.05) is 4.90 Å². The number of carbonyl (C=O) groups is 1. The van der Waals surface area contributed by atoms with Gasteiger partial charge in [0, 0.05) is 37.3 Å². The molecule has 1 unspecified atom stereocenters. The van der Waals surface area contributed by atoms with Gasteiger partial charge in [0.2, 0.25) is 5.91 Å². The van der Waals surface area contributed by atoms with Gasteiger partial charge >= 0.3 is 0 Å². The molecule has 4 nitrogen and oxygen atoms in total. The third kappa shape index (κ3) is 2.21. The molecule has 0 spiro atoms. The van der Waals surface area contributed by atoms with Crippen LogP contribution in [0, 0.1) is 0 Å². The number of carbonyl (C=O) groups excluding carboxylic acids is 1. The van der Waals surface area contributed by atoms with Crippen molar-refractivity contribution in [3.05, 3.63) is 0 Å². The Hall–Kier alpha value is -0.260. The summed E-state index contributed by atoms with van der Waals surface area (Å²) in [7, 11) is 0. The number of thioether (sulfide) groups is 1. The second-order valence-electron chi connectivity index (χ2n) is 3.91. The Bertz CT molecular complexity index is 218. The van der Waals surface area contributed by atoms with Gasteiger partial charge < -0.3 is 10.2 Å². The lowest BCUT2D eigenvalue weighted by Crippen LogP contribution is -2.55. The minimum atomic E-state index is 0.0605. The van der Waals surface area contributed by atoms with Gasteiger partial charge in [-0.15, -0.1) is 11.8 Å². The molecular formula is C9H17N3OS. The van der Waals surface area contributed by atoms with Crippen LogP contribution in [0.2, 0.25) is 0 Å². The standard InChI is InChI=1S/C9H17N3OS/c1-7-4-12(3-2-10-7)9(13)8-5-14-6-11-8/h7-8,10-11H,2-6H2,1H3/t7?,8-/m1/s1. The number of nitrogens with zero attached hydrogens (tertiary/aromatic N) is 1. The van der Waals surface area contributed by atoms with E-state index in [2.05, 4.69) is 17.6 Å². The largest absolute Gasteiger partial charge is 0.338 e. The Morgan fingerprint density at radius 2 is 2.36 bits per heavy atom. The van der Waals surface area contributed by atoms with Crippen molar-refractivity contribution in [1.29, 1.82) is 0 Å². The molecule has 0 aromatic heterocycles. The predicted octanol–water partition coefficient (Wildman–Crippen LogP) is -0.531. The highest BCUT2D eigenvalue weighted by molar-refractivity contribution is 7.99. The van der Waals surface area contributed by atoms with Gasteiger partial charge in [0.1, 0.15) is 0 Å². The molecule has 14 heavy (non-hydrogen) atoms. The summed E-state index contributed by atoms with van der Waals surface area (Å²) in [6.45, 7) is 4.75. The summed E-state index contributed by atoms with van der Waals surface area (Å²) < 4.78 is 0. The van der Waals surface area contributed by atoms with E-state index in [1.165, 1.54) is 0 Å². The van der Waals surface area contributed by atoms with Crippen molar-refractivity contribution in [3.8, 4) is 0 Å². The average molecular weight is 215 g/mol. The lowest BCUT2D eigenvalue weighted by atomic mass is 10.2. The van der Waals surface area contributed by atoms with Crippen molar-refractivity contribution in [2.24, 2.45) is 0 Å². The molecule has 0 radical (unpaired) electrons. The van der Waals surface area contributed by atoms with E-state index in [1.54, 1.807) is 11.8 Å². The van der Waals surface area contributed by atoms with E-state index in [9.17, 15) is 4.79 Å². The molecule has 2 aliphatic rings. The number of amides is 1. The fourth-order valence-electron chi connectivity index (χ4n) is 1.91. The van der Waals surface area contributed by atoms with Crippen LogP contribution in [0.4, 0.5) is 0 Å². The van der Waals surface area contributed by atoms with Gasteiger partial charge in [0.15, 0.2) is 0 Å². The maximum Gasteiger partial charge on any atom is 0.240 e. The molecule has 0 aromatic carbocycles. The van der Waals surface area contributed by atoms with E-state index >= 15 is 0 Å². The highest BCUT2D eigenvalue weighted by Crippen LogP contribution is 2.12. The summed E-state index contributed by atoms with van der Waals surface area (Å²) in [6, 6.07) is 0.493. The number of piperazine rings is 1. The molecule has 0 aliphatic carbocycles. The third-order valence-corrected chi connectivity index (χ3v) is 3.63. The maximum atomic E-state index is 12.0. The molecule has 5 heteroatoms. The van der Waals surface area contributed by atoms with Crippen LogP contribution in [0.5, 0.6) is 0 Å². The Labute approximate surface area is 88.8 Å². The molecular weight excluding hydrogens is 198 g/mol. The zero-order chi connectivity index (χ0) is 9.97. The van der Waals surface area contributed by atoms with Crippen LogP contribution in [0.1, 0.15) is 6.92 Å². The smallest absolute Gasteiger partial charge is 0.240 e. The SMILES string of the molecule is CC1CN(C(=O)[C@H]2CSCN2)CCN1. The minimum absolute atomic E-state index is 0.0605. The van der Waals surface area contributed by atoms with Crippen molar-refractivity contribution < 1.29 is 4.79 Å².